The van der Waals surface area contributed by atoms with Gasteiger partial charge in [0.25, 0.3) is 0 Å². The number of hydrogen-bond acceptors (Lipinski definition) is 3. The monoisotopic (exact) mass is 246 g/mol. The summed E-state index contributed by atoms with van der Waals surface area (Å²) in [6, 6.07) is 9.67. The number of nitriles is 1. The number of nitrogens with zero attached hydrogens (tertiary/aromatic N) is 2. The normalized spacial score (nSPS) is 10.3. The first kappa shape index (κ1) is 14.2. The lowest BCUT2D eigenvalue weighted by atomic mass is 10.1. The van der Waals surface area contributed by atoms with Crippen molar-refractivity contribution in [3.63, 3.8) is 0 Å². The van der Waals surface area contributed by atoms with Crippen LogP contribution < -0.4 is 0 Å². The number of aliphatic carboxylic acids is 1. The number of hydrogen-bond donors (Lipinski definition) is 1. The molecule has 1 aromatic carbocycles. The van der Waals surface area contributed by atoms with Crippen LogP contribution >= 0.6 is 0 Å². The molecule has 1 N–H and O–H groups in total. The van der Waals surface area contributed by atoms with Crippen LogP contribution in [0, 0.1) is 11.3 Å². The highest BCUT2D eigenvalue weighted by Crippen LogP contribution is 2.07. The molecule has 4 nitrogen and oxygen atoms in total. The SMILES string of the molecule is CN(CCCCC(=O)O)Cc1cccc(C#N)c1. The maximum atomic E-state index is 10.4. The van der Waals surface area contributed by atoms with E-state index in [4.69, 9.17) is 10.4 Å². The van der Waals surface area contributed by atoms with Gasteiger partial charge >= 0.3 is 5.97 Å². The number of rotatable bonds is 7. The van der Waals surface area contributed by atoms with Gasteiger partial charge in [0.15, 0.2) is 0 Å². The molecule has 4 heteroatoms. The quantitative estimate of drug-likeness (QED) is 0.749. The zero-order valence-electron chi connectivity index (χ0n) is 10.6. The first-order chi connectivity index (χ1) is 8.61. The first-order valence-corrected chi connectivity index (χ1v) is 6.01. The van der Waals surface area contributed by atoms with E-state index >= 15 is 0 Å². The van der Waals surface area contributed by atoms with Crippen LogP contribution in [-0.4, -0.2) is 29.6 Å². The van der Waals surface area contributed by atoms with Crippen molar-refractivity contribution < 1.29 is 9.90 Å². The summed E-state index contributed by atoms with van der Waals surface area (Å²) in [5.41, 5.74) is 1.78. The second-order valence-electron chi connectivity index (χ2n) is 4.40. The molecule has 1 rings (SSSR count). The summed E-state index contributed by atoms with van der Waals surface area (Å²) < 4.78 is 0. The van der Waals surface area contributed by atoms with Crippen molar-refractivity contribution in [2.45, 2.75) is 25.8 Å². The minimum atomic E-state index is -0.737. The van der Waals surface area contributed by atoms with E-state index < -0.39 is 5.97 Å². The fourth-order valence-corrected chi connectivity index (χ4v) is 1.79. The molecule has 0 radical (unpaired) electrons. The Balaban J connectivity index is 2.33. The van der Waals surface area contributed by atoms with Crippen molar-refractivity contribution in [3.8, 4) is 6.07 Å². The van der Waals surface area contributed by atoms with Gasteiger partial charge in [-0.25, -0.2) is 0 Å². The number of benzene rings is 1. The fraction of sp³-hybridized carbons (Fsp3) is 0.429. The van der Waals surface area contributed by atoms with Crippen LogP contribution in [0.3, 0.4) is 0 Å². The molecule has 0 unspecified atom stereocenters. The summed E-state index contributed by atoms with van der Waals surface area (Å²) in [4.78, 5) is 12.5. The zero-order valence-corrected chi connectivity index (χ0v) is 10.6. The van der Waals surface area contributed by atoms with Crippen LogP contribution in [0.1, 0.15) is 30.4 Å². The lowest BCUT2D eigenvalue weighted by molar-refractivity contribution is -0.137. The Morgan fingerprint density at radius 1 is 1.44 bits per heavy atom. The molecule has 1 aromatic rings. The molecule has 0 aromatic heterocycles. The maximum Gasteiger partial charge on any atom is 0.303 e. The molecular weight excluding hydrogens is 228 g/mol. The van der Waals surface area contributed by atoms with Gasteiger partial charge in [0.05, 0.1) is 11.6 Å². The first-order valence-electron chi connectivity index (χ1n) is 6.01. The zero-order chi connectivity index (χ0) is 13.4. The van der Waals surface area contributed by atoms with Crippen molar-refractivity contribution in [1.82, 2.24) is 4.90 Å². The predicted octanol–water partition coefficient (Wildman–Crippen LogP) is 2.24. The molecule has 0 bridgehead atoms. The van der Waals surface area contributed by atoms with Crippen LogP contribution in [0.15, 0.2) is 24.3 Å². The fourth-order valence-electron chi connectivity index (χ4n) is 1.79. The van der Waals surface area contributed by atoms with Gasteiger partial charge in [0, 0.05) is 13.0 Å². The third-order valence-electron chi connectivity index (χ3n) is 2.69. The van der Waals surface area contributed by atoms with E-state index in [1.165, 1.54) is 0 Å². The molecule has 0 atom stereocenters. The Kier molecular flexibility index (Phi) is 5.89. The van der Waals surface area contributed by atoms with Crippen LogP contribution in [0.2, 0.25) is 0 Å². The van der Waals surface area contributed by atoms with Crippen molar-refractivity contribution in [2.75, 3.05) is 13.6 Å². The van der Waals surface area contributed by atoms with Crippen molar-refractivity contribution in [1.29, 1.82) is 5.26 Å². The van der Waals surface area contributed by atoms with Gasteiger partial charge in [-0.3, -0.25) is 4.79 Å². The van der Waals surface area contributed by atoms with Gasteiger partial charge < -0.3 is 10.0 Å². The van der Waals surface area contributed by atoms with Gasteiger partial charge in [-0.15, -0.1) is 0 Å². The molecular formula is C14H18N2O2. The Hall–Kier alpha value is -1.86. The predicted molar refractivity (Wildman–Crippen MR) is 69.0 cm³/mol. The second kappa shape index (κ2) is 7.46. The Labute approximate surface area is 107 Å². The average molecular weight is 246 g/mol. The van der Waals surface area contributed by atoms with E-state index in [0.717, 1.165) is 25.1 Å². The summed E-state index contributed by atoms with van der Waals surface area (Å²) in [5, 5.41) is 17.3. The van der Waals surface area contributed by atoms with Crippen LogP contribution in [0.5, 0.6) is 0 Å². The minimum Gasteiger partial charge on any atom is -0.481 e. The van der Waals surface area contributed by atoms with Gasteiger partial charge in [-0.2, -0.15) is 5.26 Å². The molecule has 0 fully saturated rings. The lowest BCUT2D eigenvalue weighted by Gasteiger charge is -2.16. The molecule has 0 aliphatic carbocycles. The molecule has 0 aliphatic heterocycles. The van der Waals surface area contributed by atoms with Crippen molar-refractivity contribution in [2.24, 2.45) is 0 Å². The molecule has 0 saturated carbocycles. The van der Waals surface area contributed by atoms with E-state index in [-0.39, 0.29) is 6.42 Å². The summed E-state index contributed by atoms with van der Waals surface area (Å²) in [6.45, 7) is 1.65. The lowest BCUT2D eigenvalue weighted by Crippen LogP contribution is -2.19. The van der Waals surface area contributed by atoms with E-state index in [2.05, 4.69) is 11.0 Å². The number of carboxylic acids is 1. The largest absolute Gasteiger partial charge is 0.481 e. The van der Waals surface area contributed by atoms with E-state index in [1.54, 1.807) is 6.07 Å². The van der Waals surface area contributed by atoms with E-state index in [9.17, 15) is 4.79 Å². The Morgan fingerprint density at radius 2 is 2.22 bits per heavy atom. The summed E-state index contributed by atoms with van der Waals surface area (Å²) in [5.74, 6) is -0.737. The molecule has 0 amide bonds. The standard InChI is InChI=1S/C14H18N2O2/c1-16(8-3-2-7-14(17)18)11-13-6-4-5-12(9-13)10-15/h4-6,9H,2-3,7-8,11H2,1H3,(H,17,18). The summed E-state index contributed by atoms with van der Waals surface area (Å²) in [6.07, 6.45) is 1.82. The number of carboxylic acid groups (broad SMARTS) is 1. The van der Waals surface area contributed by atoms with Crippen LogP contribution in [0.25, 0.3) is 0 Å². The maximum absolute atomic E-state index is 10.4. The Morgan fingerprint density at radius 3 is 2.89 bits per heavy atom. The molecule has 18 heavy (non-hydrogen) atoms. The smallest absolute Gasteiger partial charge is 0.303 e. The molecule has 96 valence electrons. The van der Waals surface area contributed by atoms with E-state index in [0.29, 0.717) is 12.0 Å². The number of unbranched alkanes of at least 4 members (excludes halogenated alkanes) is 1. The van der Waals surface area contributed by atoms with Crippen molar-refractivity contribution in [3.05, 3.63) is 35.4 Å². The summed E-state index contributed by atoms with van der Waals surface area (Å²) in [7, 11) is 2.00. The molecule has 0 spiro atoms. The molecule has 0 heterocycles. The third kappa shape index (κ3) is 5.46. The number of carbonyl (C=O) groups is 1. The van der Waals surface area contributed by atoms with Gasteiger partial charge in [0.1, 0.15) is 0 Å². The highest BCUT2D eigenvalue weighted by molar-refractivity contribution is 5.66. The average Bonchev–Trinajstić information content (AvgIpc) is 2.34. The van der Waals surface area contributed by atoms with Gasteiger partial charge in [-0.1, -0.05) is 12.1 Å². The summed E-state index contributed by atoms with van der Waals surface area (Å²) >= 11 is 0. The van der Waals surface area contributed by atoms with Gasteiger partial charge in [-0.05, 0) is 44.1 Å². The molecule has 0 saturated heterocycles. The Bertz CT molecular complexity index is 438. The topological polar surface area (TPSA) is 64.3 Å². The van der Waals surface area contributed by atoms with Crippen molar-refractivity contribution >= 4 is 5.97 Å². The minimum absolute atomic E-state index is 0.234. The third-order valence-corrected chi connectivity index (χ3v) is 2.69. The van der Waals surface area contributed by atoms with Crippen LogP contribution in [0.4, 0.5) is 0 Å². The molecule has 0 aliphatic rings. The van der Waals surface area contributed by atoms with Crippen LogP contribution in [-0.2, 0) is 11.3 Å². The van der Waals surface area contributed by atoms with E-state index in [1.807, 2.05) is 25.2 Å². The second-order valence-corrected chi connectivity index (χ2v) is 4.40. The highest BCUT2D eigenvalue weighted by Gasteiger charge is 2.02. The van der Waals surface area contributed by atoms with Gasteiger partial charge in [0.2, 0.25) is 0 Å². The highest BCUT2D eigenvalue weighted by atomic mass is 16.4.